The number of anilines is 1. The summed E-state index contributed by atoms with van der Waals surface area (Å²) in [7, 11) is 1.51. The Morgan fingerprint density at radius 3 is 2.64 bits per heavy atom. The summed E-state index contributed by atoms with van der Waals surface area (Å²) in [6, 6.07) is 8.35. The van der Waals surface area contributed by atoms with Crippen molar-refractivity contribution in [3.63, 3.8) is 0 Å². The first-order valence-electron chi connectivity index (χ1n) is 11.8. The molecule has 0 spiro atoms. The highest BCUT2D eigenvalue weighted by molar-refractivity contribution is 6.29. The summed E-state index contributed by atoms with van der Waals surface area (Å²) in [4.78, 5) is 45.9. The molecule has 0 aliphatic heterocycles. The van der Waals surface area contributed by atoms with Crippen molar-refractivity contribution < 1.29 is 14.0 Å². The highest BCUT2D eigenvalue weighted by atomic mass is 35.5. The molecule has 39 heavy (non-hydrogen) atoms. The molecule has 200 valence electrons. The van der Waals surface area contributed by atoms with Crippen molar-refractivity contribution >= 4 is 46.1 Å². The normalized spacial score (nSPS) is 12.7. The Labute approximate surface area is 228 Å². The summed E-state index contributed by atoms with van der Waals surface area (Å²) in [6.45, 7) is 5.72. The van der Waals surface area contributed by atoms with Crippen LogP contribution in [-0.4, -0.2) is 34.3 Å². The van der Waals surface area contributed by atoms with E-state index < -0.39 is 6.04 Å². The number of amidine groups is 1. The second kappa shape index (κ2) is 11.7. The van der Waals surface area contributed by atoms with Crippen molar-refractivity contribution in [2.45, 2.75) is 26.8 Å². The first-order valence-corrected chi connectivity index (χ1v) is 12.2. The number of hydrogen-bond acceptors (Lipinski definition) is 10. The third-order valence-electron chi connectivity index (χ3n) is 5.96. The van der Waals surface area contributed by atoms with E-state index in [-0.39, 0.29) is 28.6 Å². The molecule has 0 radical (unpaired) electrons. The van der Waals surface area contributed by atoms with Gasteiger partial charge in [0.25, 0.3) is 0 Å². The van der Waals surface area contributed by atoms with Gasteiger partial charge in [0.2, 0.25) is 0 Å². The molecule has 0 bridgehead atoms. The molecular weight excluding hydrogens is 522 g/mol. The number of halogens is 1. The highest BCUT2D eigenvalue weighted by Crippen LogP contribution is 2.32. The van der Waals surface area contributed by atoms with E-state index in [9.17, 15) is 9.59 Å². The Morgan fingerprint density at radius 1 is 1.23 bits per heavy atom. The first-order chi connectivity index (χ1) is 18.8. The van der Waals surface area contributed by atoms with Gasteiger partial charge in [-0.15, -0.1) is 0 Å². The van der Waals surface area contributed by atoms with Crippen LogP contribution >= 0.6 is 11.6 Å². The van der Waals surface area contributed by atoms with Crippen molar-refractivity contribution in [2.75, 3.05) is 12.4 Å². The van der Waals surface area contributed by atoms with Gasteiger partial charge < -0.3 is 20.3 Å². The van der Waals surface area contributed by atoms with Gasteiger partial charge >= 0.3 is 6.47 Å². The van der Waals surface area contributed by atoms with Crippen LogP contribution < -0.4 is 22.0 Å². The quantitative estimate of drug-likeness (QED) is 0.0973. The molecule has 3 heterocycles. The number of pyridine rings is 1. The highest BCUT2D eigenvalue weighted by Gasteiger charge is 2.22. The minimum Gasteiger partial charge on any atom is -0.455 e. The maximum Gasteiger partial charge on any atom is 0.320 e. The summed E-state index contributed by atoms with van der Waals surface area (Å²) in [5, 5.41) is 4.02. The van der Waals surface area contributed by atoms with Crippen LogP contribution in [-0.2, 0) is 9.63 Å². The number of aromatic nitrogens is 3. The fourth-order valence-electron chi connectivity index (χ4n) is 4.16. The molecule has 0 saturated heterocycles. The predicted molar refractivity (Wildman–Crippen MR) is 149 cm³/mol. The minimum absolute atomic E-state index is 0.179. The lowest BCUT2D eigenvalue weighted by Gasteiger charge is -2.21. The van der Waals surface area contributed by atoms with Crippen molar-refractivity contribution in [3.05, 3.63) is 98.3 Å². The summed E-state index contributed by atoms with van der Waals surface area (Å²) < 4.78 is 6.40. The lowest BCUT2D eigenvalue weighted by atomic mass is 9.98. The average Bonchev–Trinajstić information content (AvgIpc) is 2.94. The molecular formula is C27H26ClN7O4. The van der Waals surface area contributed by atoms with E-state index in [2.05, 4.69) is 35.6 Å². The van der Waals surface area contributed by atoms with Crippen LogP contribution in [0.2, 0.25) is 5.15 Å². The Kier molecular flexibility index (Phi) is 8.21. The second-order valence-electron chi connectivity index (χ2n) is 8.55. The second-order valence-corrected chi connectivity index (χ2v) is 8.94. The minimum atomic E-state index is -0.392. The van der Waals surface area contributed by atoms with Gasteiger partial charge in [0.1, 0.15) is 22.2 Å². The van der Waals surface area contributed by atoms with E-state index in [0.717, 1.165) is 5.56 Å². The fourth-order valence-corrected chi connectivity index (χ4v) is 4.31. The van der Waals surface area contributed by atoms with Crippen molar-refractivity contribution in [2.24, 2.45) is 10.7 Å². The molecule has 0 saturated carbocycles. The predicted octanol–water partition coefficient (Wildman–Crippen LogP) is 3.82. The number of hydrogen-bond donors (Lipinski definition) is 3. The van der Waals surface area contributed by atoms with Gasteiger partial charge in [-0.2, -0.15) is 5.48 Å². The Hall–Kier alpha value is -4.77. The summed E-state index contributed by atoms with van der Waals surface area (Å²) >= 11 is 6.14. The molecule has 1 atom stereocenters. The zero-order valence-electron chi connectivity index (χ0n) is 21.7. The number of rotatable bonds is 8. The molecule has 11 nitrogen and oxygen atoms in total. The summed E-state index contributed by atoms with van der Waals surface area (Å²) in [5.41, 5.74) is 11.8. The van der Waals surface area contributed by atoms with Gasteiger partial charge in [0, 0.05) is 36.8 Å². The van der Waals surface area contributed by atoms with Crippen LogP contribution in [0.4, 0.5) is 5.69 Å². The Morgan fingerprint density at radius 2 is 1.97 bits per heavy atom. The molecule has 4 rings (SSSR count). The SMILES string of the molecule is CN=C(NOC=O)c1nc(Cl)ccc1NC(C)c1cc(C)cc2c(=O)c(C)c(/C(=C/N)c3ncccn3)oc12. The Bertz CT molecular complexity index is 1650. The first kappa shape index (κ1) is 27.3. The zero-order valence-corrected chi connectivity index (χ0v) is 22.4. The van der Waals surface area contributed by atoms with E-state index >= 15 is 0 Å². The number of hydroxylamine groups is 1. The van der Waals surface area contributed by atoms with Crippen LogP contribution in [0.25, 0.3) is 16.5 Å². The standard InChI is InChI=1S/C27H26ClN7O4/c1-14-10-17(16(3)33-20-6-7-21(28)34-22(20)27(30-4)35-38-13-36)25-18(11-14)23(37)15(2)24(39-25)19(12-29)26-31-8-5-9-32-26/h5-13,16,33H,29H2,1-4H3,(H,30,35)/b19-12-. The molecule has 1 unspecified atom stereocenters. The number of fused-ring (bicyclic) bond motifs is 1. The smallest absolute Gasteiger partial charge is 0.320 e. The maximum atomic E-state index is 13.5. The number of carbonyl (C=O) groups excluding carboxylic acids is 1. The summed E-state index contributed by atoms with van der Waals surface area (Å²) in [5.74, 6) is 0.792. The number of nitrogens with one attached hydrogen (secondary N) is 2. The molecule has 12 heteroatoms. The monoisotopic (exact) mass is 547 g/mol. The maximum absolute atomic E-state index is 13.5. The van der Waals surface area contributed by atoms with Crippen molar-refractivity contribution in [1.82, 2.24) is 20.4 Å². The van der Waals surface area contributed by atoms with Gasteiger partial charge in [-0.3, -0.25) is 14.6 Å². The molecule has 0 amide bonds. The Balaban J connectivity index is 1.85. The van der Waals surface area contributed by atoms with Crippen LogP contribution in [0.3, 0.4) is 0 Å². The fraction of sp³-hybridized carbons (Fsp3) is 0.185. The molecule has 4 N–H and O–H groups in total. The van der Waals surface area contributed by atoms with E-state index in [1.807, 2.05) is 19.9 Å². The third kappa shape index (κ3) is 5.58. The van der Waals surface area contributed by atoms with Gasteiger partial charge in [-0.1, -0.05) is 17.7 Å². The molecule has 0 aliphatic rings. The topological polar surface area (TPSA) is 158 Å². The zero-order chi connectivity index (χ0) is 28.1. The van der Waals surface area contributed by atoms with E-state index in [4.69, 9.17) is 21.8 Å². The molecule has 3 aromatic heterocycles. The van der Waals surface area contributed by atoms with Crippen LogP contribution in [0, 0.1) is 13.8 Å². The number of carbonyl (C=O) groups is 1. The van der Waals surface area contributed by atoms with Crippen LogP contribution in [0.15, 0.2) is 63.1 Å². The van der Waals surface area contributed by atoms with Gasteiger partial charge in [0.05, 0.1) is 22.7 Å². The lowest BCUT2D eigenvalue weighted by molar-refractivity contribution is -0.132. The number of nitrogens with zero attached hydrogens (tertiary/aromatic N) is 4. The van der Waals surface area contributed by atoms with Gasteiger partial charge in [-0.05, 0) is 50.6 Å². The largest absolute Gasteiger partial charge is 0.455 e. The summed E-state index contributed by atoms with van der Waals surface area (Å²) in [6.07, 6.45) is 4.50. The van der Waals surface area contributed by atoms with Crippen LogP contribution in [0.1, 0.15) is 46.9 Å². The van der Waals surface area contributed by atoms with E-state index in [1.54, 1.807) is 43.6 Å². The number of aryl methyl sites for hydroxylation is 1. The average molecular weight is 548 g/mol. The molecule has 0 fully saturated rings. The van der Waals surface area contributed by atoms with Gasteiger partial charge in [0.15, 0.2) is 17.1 Å². The van der Waals surface area contributed by atoms with E-state index in [0.29, 0.717) is 44.9 Å². The molecule has 0 aliphatic carbocycles. The number of benzene rings is 1. The van der Waals surface area contributed by atoms with Crippen molar-refractivity contribution in [3.8, 4) is 0 Å². The van der Waals surface area contributed by atoms with Crippen molar-refractivity contribution in [1.29, 1.82) is 0 Å². The van der Waals surface area contributed by atoms with E-state index in [1.165, 1.54) is 13.2 Å². The van der Waals surface area contributed by atoms with Crippen LogP contribution in [0.5, 0.6) is 0 Å². The van der Waals surface area contributed by atoms with Gasteiger partial charge in [-0.25, -0.2) is 15.0 Å². The molecule has 4 aromatic rings. The number of aliphatic imine (C=N–C) groups is 1. The third-order valence-corrected chi connectivity index (χ3v) is 6.17. The lowest BCUT2D eigenvalue weighted by Crippen LogP contribution is -2.27. The number of nitrogens with two attached hydrogens (primary N) is 1. The molecule has 1 aromatic carbocycles.